The Hall–Kier alpha value is -2.87. The maximum Gasteiger partial charge on any atom is 0.233 e. The first-order chi connectivity index (χ1) is 15.7. The fraction of sp³-hybridized carbons (Fsp3) is 0.280. The Labute approximate surface area is 190 Å². The van der Waals surface area contributed by atoms with Crippen molar-refractivity contribution in [1.29, 1.82) is 0 Å². The second-order valence-electron chi connectivity index (χ2n) is 7.90. The van der Waals surface area contributed by atoms with Crippen LogP contribution in [0.25, 0.3) is 21.0 Å². The van der Waals surface area contributed by atoms with Crippen LogP contribution in [0.2, 0.25) is 0 Å². The molecule has 0 spiro atoms. The highest BCUT2D eigenvalue weighted by atomic mass is 32.1. The number of aromatic nitrogens is 1. The van der Waals surface area contributed by atoms with E-state index in [9.17, 15) is 9.18 Å². The summed E-state index contributed by atoms with van der Waals surface area (Å²) in [6.07, 6.45) is 0.267. The smallest absolute Gasteiger partial charge is 0.233 e. The van der Waals surface area contributed by atoms with Crippen molar-refractivity contribution in [2.45, 2.75) is 6.42 Å². The maximum absolute atomic E-state index is 14.3. The van der Waals surface area contributed by atoms with Gasteiger partial charge in [0.25, 0.3) is 0 Å². The number of rotatable bonds is 6. The van der Waals surface area contributed by atoms with Crippen LogP contribution in [-0.4, -0.2) is 55.2 Å². The Morgan fingerprint density at radius 1 is 1.06 bits per heavy atom. The van der Waals surface area contributed by atoms with Crippen molar-refractivity contribution in [3.63, 3.8) is 0 Å². The van der Waals surface area contributed by atoms with E-state index in [1.807, 2.05) is 36.4 Å². The number of anilines is 1. The number of hydrogen-bond acceptors (Lipinski definition) is 5. The summed E-state index contributed by atoms with van der Waals surface area (Å²) >= 11 is 1.36. The highest BCUT2D eigenvalue weighted by molar-refractivity contribution is 7.22. The SMILES string of the molecule is O=C(Cc1cccc2ccccc12)N(CCN1CCOCC1)c1nc2c(F)cccc2s1. The predicted molar refractivity (Wildman–Crippen MR) is 127 cm³/mol. The van der Waals surface area contributed by atoms with Crippen LogP contribution in [0.1, 0.15) is 5.56 Å². The molecule has 0 saturated carbocycles. The molecule has 2 heterocycles. The van der Waals surface area contributed by atoms with Gasteiger partial charge in [0.15, 0.2) is 5.13 Å². The number of fused-ring (bicyclic) bond motifs is 2. The Kier molecular flexibility index (Phi) is 6.12. The number of nitrogens with zero attached hydrogens (tertiary/aromatic N) is 3. The number of hydrogen-bond donors (Lipinski definition) is 0. The third-order valence-corrected chi connectivity index (χ3v) is 6.90. The fourth-order valence-corrected chi connectivity index (χ4v) is 5.14. The summed E-state index contributed by atoms with van der Waals surface area (Å²) in [4.78, 5) is 22.1. The molecule has 0 unspecified atom stereocenters. The van der Waals surface area contributed by atoms with Gasteiger partial charge in [-0.3, -0.25) is 14.6 Å². The number of ether oxygens (including phenoxy) is 1. The lowest BCUT2D eigenvalue weighted by Gasteiger charge is -2.29. The minimum atomic E-state index is -0.361. The molecule has 164 valence electrons. The van der Waals surface area contributed by atoms with E-state index < -0.39 is 0 Å². The van der Waals surface area contributed by atoms with E-state index in [4.69, 9.17) is 4.74 Å². The van der Waals surface area contributed by atoms with Crippen molar-refractivity contribution >= 4 is 43.4 Å². The number of benzene rings is 3. The van der Waals surface area contributed by atoms with Crippen LogP contribution in [0, 0.1) is 5.82 Å². The summed E-state index contributed by atoms with van der Waals surface area (Å²) in [7, 11) is 0. The van der Waals surface area contributed by atoms with Crippen molar-refractivity contribution in [3.05, 3.63) is 72.0 Å². The molecule has 0 bridgehead atoms. The predicted octanol–water partition coefficient (Wildman–Crippen LogP) is 4.50. The molecule has 0 N–H and O–H groups in total. The zero-order valence-electron chi connectivity index (χ0n) is 17.7. The second kappa shape index (κ2) is 9.32. The van der Waals surface area contributed by atoms with E-state index in [1.54, 1.807) is 11.0 Å². The summed E-state index contributed by atoms with van der Waals surface area (Å²) in [5, 5.41) is 2.73. The molecule has 5 rings (SSSR count). The van der Waals surface area contributed by atoms with E-state index >= 15 is 0 Å². The van der Waals surface area contributed by atoms with Crippen LogP contribution < -0.4 is 4.90 Å². The standard InChI is InChI=1S/C25H24FN3O2S/c26-21-9-4-10-22-24(21)27-25(32-22)29(12-11-28-13-15-31-16-14-28)23(30)17-19-7-3-6-18-5-1-2-8-20(18)19/h1-10H,11-17H2. The normalized spacial score (nSPS) is 14.8. The van der Waals surface area contributed by atoms with E-state index in [0.717, 1.165) is 40.7 Å². The molecule has 1 fully saturated rings. The number of para-hydroxylation sites is 1. The van der Waals surface area contributed by atoms with Crippen LogP contribution >= 0.6 is 11.3 Å². The summed E-state index contributed by atoms with van der Waals surface area (Å²) in [5.41, 5.74) is 1.30. The van der Waals surface area contributed by atoms with Gasteiger partial charge >= 0.3 is 0 Å². The molecule has 1 aliphatic rings. The first-order valence-corrected chi connectivity index (χ1v) is 11.6. The second-order valence-corrected chi connectivity index (χ2v) is 8.91. The first kappa shape index (κ1) is 21.0. The largest absolute Gasteiger partial charge is 0.379 e. The van der Waals surface area contributed by atoms with Gasteiger partial charge < -0.3 is 4.74 Å². The zero-order chi connectivity index (χ0) is 21.9. The lowest BCUT2D eigenvalue weighted by Crippen LogP contribution is -2.43. The summed E-state index contributed by atoms with van der Waals surface area (Å²) in [5.74, 6) is -0.395. The Bertz CT molecular complexity index is 1250. The number of thiazole rings is 1. The van der Waals surface area contributed by atoms with E-state index in [2.05, 4.69) is 22.0 Å². The number of halogens is 1. The van der Waals surface area contributed by atoms with Gasteiger partial charge in [-0.25, -0.2) is 9.37 Å². The van der Waals surface area contributed by atoms with Gasteiger partial charge in [-0.2, -0.15) is 0 Å². The van der Waals surface area contributed by atoms with Crippen LogP contribution in [0.5, 0.6) is 0 Å². The molecule has 5 nitrogen and oxygen atoms in total. The van der Waals surface area contributed by atoms with Crippen molar-refractivity contribution in [1.82, 2.24) is 9.88 Å². The maximum atomic E-state index is 14.3. The fourth-order valence-electron chi connectivity index (χ4n) is 4.12. The average Bonchev–Trinajstić information content (AvgIpc) is 3.25. The van der Waals surface area contributed by atoms with Gasteiger partial charge in [0.05, 0.1) is 24.3 Å². The highest BCUT2D eigenvalue weighted by Gasteiger charge is 2.23. The van der Waals surface area contributed by atoms with Crippen molar-refractivity contribution in [2.24, 2.45) is 0 Å². The molecular formula is C25H24FN3O2S. The molecule has 3 aromatic carbocycles. The van der Waals surface area contributed by atoms with Crippen molar-refractivity contribution < 1.29 is 13.9 Å². The van der Waals surface area contributed by atoms with Crippen LogP contribution in [-0.2, 0) is 16.0 Å². The van der Waals surface area contributed by atoms with Crippen LogP contribution in [0.15, 0.2) is 60.7 Å². The Morgan fingerprint density at radius 2 is 1.84 bits per heavy atom. The molecule has 1 amide bonds. The van der Waals surface area contributed by atoms with Gasteiger partial charge in [0.2, 0.25) is 5.91 Å². The minimum absolute atomic E-state index is 0.0333. The highest BCUT2D eigenvalue weighted by Crippen LogP contribution is 2.31. The molecule has 32 heavy (non-hydrogen) atoms. The quantitative estimate of drug-likeness (QED) is 0.435. The molecule has 7 heteroatoms. The van der Waals surface area contributed by atoms with Crippen LogP contribution in [0.3, 0.4) is 0 Å². The van der Waals surface area contributed by atoms with Gasteiger partial charge in [-0.1, -0.05) is 59.9 Å². The number of morpholine rings is 1. The van der Waals surface area contributed by atoms with Crippen molar-refractivity contribution in [2.75, 3.05) is 44.3 Å². The molecule has 1 saturated heterocycles. The third kappa shape index (κ3) is 4.37. The first-order valence-electron chi connectivity index (χ1n) is 10.8. The van der Waals surface area contributed by atoms with Crippen LogP contribution in [0.4, 0.5) is 9.52 Å². The minimum Gasteiger partial charge on any atom is -0.379 e. The lowest BCUT2D eigenvalue weighted by atomic mass is 10.0. The Morgan fingerprint density at radius 3 is 2.69 bits per heavy atom. The average molecular weight is 450 g/mol. The summed E-state index contributed by atoms with van der Waals surface area (Å²) < 4.78 is 20.5. The van der Waals surface area contributed by atoms with E-state index in [-0.39, 0.29) is 18.1 Å². The summed E-state index contributed by atoms with van der Waals surface area (Å²) in [6.45, 7) is 4.33. The summed E-state index contributed by atoms with van der Waals surface area (Å²) in [6, 6.07) is 19.0. The number of carbonyl (C=O) groups is 1. The lowest BCUT2D eigenvalue weighted by molar-refractivity contribution is -0.118. The van der Waals surface area contributed by atoms with E-state index in [0.29, 0.717) is 30.4 Å². The Balaban J connectivity index is 1.44. The van der Waals surface area contributed by atoms with Crippen molar-refractivity contribution in [3.8, 4) is 0 Å². The topological polar surface area (TPSA) is 45.7 Å². The number of carbonyl (C=O) groups excluding carboxylic acids is 1. The molecule has 4 aromatic rings. The van der Waals surface area contributed by atoms with E-state index in [1.165, 1.54) is 17.4 Å². The van der Waals surface area contributed by atoms with Gasteiger partial charge in [-0.15, -0.1) is 0 Å². The molecular weight excluding hydrogens is 425 g/mol. The zero-order valence-corrected chi connectivity index (χ0v) is 18.5. The third-order valence-electron chi connectivity index (χ3n) is 5.86. The monoisotopic (exact) mass is 449 g/mol. The number of amides is 1. The molecule has 0 radical (unpaired) electrons. The van der Waals surface area contributed by atoms with Gasteiger partial charge in [-0.05, 0) is 28.5 Å². The molecule has 0 atom stereocenters. The molecule has 1 aromatic heterocycles. The van der Waals surface area contributed by atoms with Gasteiger partial charge in [0.1, 0.15) is 11.3 Å². The molecule has 0 aliphatic carbocycles. The molecule has 1 aliphatic heterocycles. The van der Waals surface area contributed by atoms with Gasteiger partial charge in [0, 0.05) is 26.2 Å².